The summed E-state index contributed by atoms with van der Waals surface area (Å²) in [7, 11) is 2.13. The van der Waals surface area contributed by atoms with Crippen molar-refractivity contribution in [1.29, 1.82) is 0 Å². The van der Waals surface area contributed by atoms with Gasteiger partial charge in [-0.05, 0) is 44.7 Å². The summed E-state index contributed by atoms with van der Waals surface area (Å²) in [4.78, 5) is 22.1. The van der Waals surface area contributed by atoms with Crippen LogP contribution in [0.1, 0.15) is 62.9 Å². The maximum Gasteiger partial charge on any atom is 0.259 e. The number of nitrogens with zero attached hydrogens (tertiary/aromatic N) is 3. The molecule has 2 aliphatic heterocycles. The van der Waals surface area contributed by atoms with E-state index in [1.54, 1.807) is 17.2 Å². The van der Waals surface area contributed by atoms with Crippen LogP contribution in [0.3, 0.4) is 0 Å². The third kappa shape index (κ3) is 7.18. The molecule has 2 aliphatic rings. The quantitative estimate of drug-likeness (QED) is 0.616. The summed E-state index contributed by atoms with van der Waals surface area (Å²) in [5.74, 6) is 7.67. The molecular formula is C27H41N3O4. The summed E-state index contributed by atoms with van der Waals surface area (Å²) in [5, 5.41) is 9.84. The van der Waals surface area contributed by atoms with Gasteiger partial charge in [0.15, 0.2) is 0 Å². The number of hydrogen-bond acceptors (Lipinski definition) is 6. The zero-order valence-electron chi connectivity index (χ0n) is 21.4. The van der Waals surface area contributed by atoms with Crippen molar-refractivity contribution in [3.63, 3.8) is 0 Å². The Balaban J connectivity index is 1.84. The van der Waals surface area contributed by atoms with Crippen LogP contribution in [0.5, 0.6) is 5.88 Å². The van der Waals surface area contributed by atoms with Gasteiger partial charge >= 0.3 is 0 Å². The molecule has 7 heteroatoms. The summed E-state index contributed by atoms with van der Waals surface area (Å²) in [5.41, 5.74) is 1.12. The van der Waals surface area contributed by atoms with Crippen molar-refractivity contribution in [2.45, 2.75) is 59.1 Å². The van der Waals surface area contributed by atoms with Crippen molar-refractivity contribution in [2.24, 2.45) is 17.8 Å². The SMILES string of the molecule is CC(C)CC#Cc1cnc2c(c1)C(=O)N([C@H](C)CO)C[C@@H](C)[C@H](CN(C)CC1CCOCC1)O2. The molecule has 3 atom stereocenters. The van der Waals surface area contributed by atoms with Gasteiger partial charge in [0.2, 0.25) is 5.88 Å². The molecular weight excluding hydrogens is 430 g/mol. The molecule has 0 aromatic carbocycles. The molecule has 3 heterocycles. The van der Waals surface area contributed by atoms with Crippen LogP contribution >= 0.6 is 0 Å². The Kier molecular flexibility index (Phi) is 9.75. The standard InChI is InChI=1S/C27H41N3O4/c1-19(2)7-6-8-23-13-24-26(28-14-23)34-25(17-29(5)16-22-9-11-33-12-10-22)20(3)15-30(27(24)32)21(4)18-31/h13-14,19-22,25,31H,7,9-12,15-18H2,1-5H3/t20-,21-,25+/m1/s1. The summed E-state index contributed by atoms with van der Waals surface area (Å²) < 4.78 is 11.9. The van der Waals surface area contributed by atoms with E-state index in [2.05, 4.69) is 49.5 Å². The molecule has 0 spiro atoms. The number of carbonyl (C=O) groups is 1. The number of amides is 1. The number of aliphatic hydroxyl groups is 1. The first kappa shape index (κ1) is 26.5. The van der Waals surface area contributed by atoms with Crippen LogP contribution in [0, 0.1) is 29.6 Å². The van der Waals surface area contributed by atoms with Crippen molar-refractivity contribution in [2.75, 3.05) is 46.5 Å². The molecule has 34 heavy (non-hydrogen) atoms. The summed E-state index contributed by atoms with van der Waals surface area (Å²) in [6, 6.07) is 1.49. The Morgan fingerprint density at radius 2 is 2.00 bits per heavy atom. The Bertz CT molecular complexity index is 872. The van der Waals surface area contributed by atoms with E-state index in [9.17, 15) is 9.90 Å². The largest absolute Gasteiger partial charge is 0.472 e. The topological polar surface area (TPSA) is 75.1 Å². The highest BCUT2D eigenvalue weighted by Crippen LogP contribution is 2.27. The molecule has 7 nitrogen and oxygen atoms in total. The van der Waals surface area contributed by atoms with E-state index < -0.39 is 0 Å². The lowest BCUT2D eigenvalue weighted by Crippen LogP contribution is -2.50. The monoisotopic (exact) mass is 471 g/mol. The van der Waals surface area contributed by atoms with Gasteiger partial charge in [-0.15, -0.1) is 0 Å². The van der Waals surface area contributed by atoms with E-state index in [4.69, 9.17) is 9.47 Å². The number of aliphatic hydroxyl groups excluding tert-OH is 1. The number of fused-ring (bicyclic) bond motifs is 1. The normalized spacial score (nSPS) is 22.5. The van der Waals surface area contributed by atoms with Gasteiger partial charge in [-0.3, -0.25) is 4.79 Å². The zero-order valence-corrected chi connectivity index (χ0v) is 21.4. The highest BCUT2D eigenvalue weighted by atomic mass is 16.5. The number of pyridine rings is 1. The van der Waals surface area contributed by atoms with Crippen LogP contribution in [0.2, 0.25) is 0 Å². The molecule has 1 aromatic heterocycles. The van der Waals surface area contributed by atoms with Gasteiger partial charge in [0, 0.05) is 56.9 Å². The van der Waals surface area contributed by atoms with Gasteiger partial charge in [-0.25, -0.2) is 4.98 Å². The number of aromatic nitrogens is 1. The molecule has 1 aromatic rings. The predicted octanol–water partition coefficient (Wildman–Crippen LogP) is 3.06. The third-order valence-corrected chi connectivity index (χ3v) is 6.67. The zero-order chi connectivity index (χ0) is 24.7. The van der Waals surface area contributed by atoms with E-state index >= 15 is 0 Å². The summed E-state index contributed by atoms with van der Waals surface area (Å²) in [6.07, 6.45) is 4.53. The fourth-order valence-corrected chi connectivity index (χ4v) is 4.50. The van der Waals surface area contributed by atoms with Crippen LogP contribution in [-0.2, 0) is 4.74 Å². The molecule has 0 aliphatic carbocycles. The number of likely N-dealkylation sites (N-methyl/N-ethyl adjacent to an activating group) is 1. The predicted molar refractivity (Wildman–Crippen MR) is 133 cm³/mol. The number of ether oxygens (including phenoxy) is 2. The summed E-state index contributed by atoms with van der Waals surface area (Å²) >= 11 is 0. The van der Waals surface area contributed by atoms with Crippen LogP contribution in [-0.4, -0.2) is 84.4 Å². The second-order valence-corrected chi connectivity index (χ2v) is 10.4. The average molecular weight is 472 g/mol. The molecule has 1 saturated heterocycles. The number of carbonyl (C=O) groups excluding carboxylic acids is 1. The minimum Gasteiger partial charge on any atom is -0.472 e. The molecule has 0 unspecified atom stereocenters. The highest BCUT2D eigenvalue weighted by molar-refractivity contribution is 5.97. The Morgan fingerprint density at radius 1 is 1.26 bits per heavy atom. The highest BCUT2D eigenvalue weighted by Gasteiger charge is 2.34. The molecule has 1 N–H and O–H groups in total. The first-order valence-electron chi connectivity index (χ1n) is 12.6. The van der Waals surface area contributed by atoms with Crippen molar-refractivity contribution in [1.82, 2.24) is 14.8 Å². The minimum atomic E-state index is -0.294. The van der Waals surface area contributed by atoms with Crippen LogP contribution in [0.15, 0.2) is 12.3 Å². The van der Waals surface area contributed by atoms with Crippen LogP contribution < -0.4 is 4.74 Å². The third-order valence-electron chi connectivity index (χ3n) is 6.67. The smallest absolute Gasteiger partial charge is 0.259 e. The van der Waals surface area contributed by atoms with E-state index in [-0.39, 0.29) is 30.6 Å². The van der Waals surface area contributed by atoms with Gasteiger partial charge in [-0.2, -0.15) is 0 Å². The van der Waals surface area contributed by atoms with E-state index in [0.717, 1.165) is 45.6 Å². The van der Waals surface area contributed by atoms with E-state index in [1.165, 1.54) is 0 Å². The lowest BCUT2D eigenvalue weighted by molar-refractivity contribution is 0.0254. The molecule has 0 radical (unpaired) electrons. The molecule has 0 saturated carbocycles. The van der Waals surface area contributed by atoms with Crippen LogP contribution in [0.4, 0.5) is 0 Å². The molecule has 3 rings (SSSR count). The summed E-state index contributed by atoms with van der Waals surface area (Å²) in [6.45, 7) is 12.1. The second-order valence-electron chi connectivity index (χ2n) is 10.4. The average Bonchev–Trinajstić information content (AvgIpc) is 2.81. The molecule has 0 bridgehead atoms. The van der Waals surface area contributed by atoms with Gasteiger partial charge in [0.1, 0.15) is 11.7 Å². The molecule has 188 valence electrons. The minimum absolute atomic E-state index is 0.0792. The van der Waals surface area contributed by atoms with Gasteiger partial charge in [0.05, 0.1) is 12.6 Å². The van der Waals surface area contributed by atoms with Gasteiger partial charge in [0.25, 0.3) is 5.91 Å². The lowest BCUT2D eigenvalue weighted by Gasteiger charge is -2.38. The number of rotatable bonds is 7. The fraction of sp³-hybridized carbons (Fsp3) is 0.704. The van der Waals surface area contributed by atoms with E-state index in [1.807, 2.05) is 6.92 Å². The maximum atomic E-state index is 13.5. The maximum absolute atomic E-state index is 13.5. The first-order chi connectivity index (χ1) is 16.3. The fourth-order valence-electron chi connectivity index (χ4n) is 4.50. The number of hydrogen-bond donors (Lipinski definition) is 1. The Hall–Kier alpha value is -2.14. The van der Waals surface area contributed by atoms with Gasteiger partial charge in [-0.1, -0.05) is 32.6 Å². The Morgan fingerprint density at radius 3 is 2.68 bits per heavy atom. The van der Waals surface area contributed by atoms with Crippen LogP contribution in [0.25, 0.3) is 0 Å². The van der Waals surface area contributed by atoms with Crippen molar-refractivity contribution in [3.05, 3.63) is 23.4 Å². The van der Waals surface area contributed by atoms with Crippen molar-refractivity contribution < 1.29 is 19.4 Å². The molecule has 1 fully saturated rings. The first-order valence-corrected chi connectivity index (χ1v) is 12.6. The van der Waals surface area contributed by atoms with E-state index in [0.29, 0.717) is 35.4 Å². The van der Waals surface area contributed by atoms with Crippen molar-refractivity contribution in [3.8, 4) is 17.7 Å². The van der Waals surface area contributed by atoms with Crippen molar-refractivity contribution >= 4 is 5.91 Å². The lowest BCUT2D eigenvalue weighted by atomic mass is 9.97. The second kappa shape index (κ2) is 12.5. The van der Waals surface area contributed by atoms with Gasteiger partial charge < -0.3 is 24.4 Å². The molecule has 1 amide bonds. The Labute approximate surface area is 204 Å².